The summed E-state index contributed by atoms with van der Waals surface area (Å²) in [6, 6.07) is 14.4. The van der Waals surface area contributed by atoms with Crippen molar-refractivity contribution in [1.82, 2.24) is 20.3 Å². The number of halogens is 1. The van der Waals surface area contributed by atoms with E-state index >= 15 is 0 Å². The minimum Gasteiger partial charge on any atom is -0.368 e. The molecule has 8 heteroatoms. The second-order valence-electron chi connectivity index (χ2n) is 6.95. The lowest BCUT2D eigenvalue weighted by molar-refractivity contribution is 0.0742. The van der Waals surface area contributed by atoms with Crippen LogP contribution in [0, 0.1) is 5.82 Å². The van der Waals surface area contributed by atoms with Crippen LogP contribution in [0.1, 0.15) is 23.0 Å². The van der Waals surface area contributed by atoms with Crippen LogP contribution in [0.15, 0.2) is 48.5 Å². The van der Waals surface area contributed by atoms with Gasteiger partial charge in [-0.25, -0.2) is 4.39 Å². The number of piperazine rings is 1. The average molecular weight is 394 g/mol. The van der Waals surface area contributed by atoms with E-state index in [0.29, 0.717) is 32.0 Å². The van der Waals surface area contributed by atoms with Crippen LogP contribution in [-0.2, 0) is 6.42 Å². The molecule has 1 amide bonds. The van der Waals surface area contributed by atoms with Crippen LogP contribution in [0.4, 0.5) is 21.6 Å². The van der Waals surface area contributed by atoms with Crippen molar-refractivity contribution >= 4 is 23.1 Å². The van der Waals surface area contributed by atoms with Crippen LogP contribution >= 0.6 is 0 Å². The highest BCUT2D eigenvalue weighted by molar-refractivity contribution is 5.97. The van der Waals surface area contributed by atoms with E-state index in [1.165, 1.54) is 17.7 Å². The molecule has 7 nitrogen and oxygen atoms in total. The lowest BCUT2D eigenvalue weighted by Gasteiger charge is -2.35. The van der Waals surface area contributed by atoms with Gasteiger partial charge in [-0.3, -0.25) is 4.79 Å². The lowest BCUT2D eigenvalue weighted by atomic mass is 10.1. The fourth-order valence-corrected chi connectivity index (χ4v) is 3.40. The molecule has 0 aliphatic carbocycles. The Labute approximate surface area is 168 Å². The molecule has 1 aliphatic rings. The summed E-state index contributed by atoms with van der Waals surface area (Å²) >= 11 is 0. The Kier molecular flexibility index (Phi) is 5.41. The molecule has 3 aromatic rings. The number of H-pyrrole nitrogens is 1. The largest absolute Gasteiger partial charge is 0.368 e. The molecule has 2 N–H and O–H groups in total. The van der Waals surface area contributed by atoms with Crippen molar-refractivity contribution in [2.45, 2.75) is 13.3 Å². The van der Waals surface area contributed by atoms with Gasteiger partial charge < -0.3 is 15.1 Å². The Hall–Kier alpha value is -3.42. The zero-order chi connectivity index (χ0) is 20.2. The van der Waals surface area contributed by atoms with Gasteiger partial charge in [0, 0.05) is 37.6 Å². The number of hydrogen-bond donors (Lipinski definition) is 2. The third kappa shape index (κ3) is 4.21. The Morgan fingerprint density at radius 1 is 1.03 bits per heavy atom. The number of amides is 1. The molecule has 4 rings (SSSR count). The van der Waals surface area contributed by atoms with Crippen LogP contribution in [0.25, 0.3) is 0 Å². The van der Waals surface area contributed by atoms with Crippen molar-refractivity contribution in [3.05, 3.63) is 65.6 Å². The first-order chi connectivity index (χ1) is 14.1. The molecule has 1 aliphatic heterocycles. The highest BCUT2D eigenvalue weighted by Crippen LogP contribution is 2.21. The van der Waals surface area contributed by atoms with Crippen molar-refractivity contribution in [2.75, 3.05) is 36.4 Å². The predicted octanol–water partition coefficient (Wildman–Crippen LogP) is 3.21. The number of nitrogens with zero attached hydrogens (tertiary/aromatic N) is 4. The number of carbonyl (C=O) groups is 1. The number of aryl methyl sites for hydroxylation is 1. The molecule has 150 valence electrons. The van der Waals surface area contributed by atoms with Gasteiger partial charge in [-0.15, -0.1) is 10.2 Å². The fraction of sp³-hybridized carbons (Fsp3) is 0.286. The van der Waals surface area contributed by atoms with Gasteiger partial charge in [0.15, 0.2) is 11.5 Å². The van der Waals surface area contributed by atoms with E-state index in [4.69, 9.17) is 0 Å². The topological polar surface area (TPSA) is 77.1 Å². The van der Waals surface area contributed by atoms with E-state index in [1.807, 2.05) is 24.3 Å². The second-order valence-corrected chi connectivity index (χ2v) is 6.95. The quantitative estimate of drug-likeness (QED) is 0.695. The van der Waals surface area contributed by atoms with E-state index in [-0.39, 0.29) is 17.4 Å². The number of nitrogens with one attached hydrogen (secondary N) is 2. The molecular weight excluding hydrogens is 371 g/mol. The van der Waals surface area contributed by atoms with Gasteiger partial charge >= 0.3 is 0 Å². The summed E-state index contributed by atoms with van der Waals surface area (Å²) < 4.78 is 13.1. The summed E-state index contributed by atoms with van der Waals surface area (Å²) in [4.78, 5) is 16.9. The SMILES string of the molecule is CCc1ccc(Nc2n[nH]nc2C(=O)N2CCN(c3ccc(F)cc3)CC2)cc1. The molecular formula is C21H23FN6O. The molecule has 1 saturated heterocycles. The molecule has 0 saturated carbocycles. The van der Waals surface area contributed by atoms with Crippen molar-refractivity contribution in [3.8, 4) is 0 Å². The van der Waals surface area contributed by atoms with Crippen LogP contribution in [0.3, 0.4) is 0 Å². The van der Waals surface area contributed by atoms with Crippen LogP contribution in [0.5, 0.6) is 0 Å². The summed E-state index contributed by atoms with van der Waals surface area (Å²) in [6.45, 7) is 4.58. The third-order valence-electron chi connectivity index (χ3n) is 5.13. The smallest absolute Gasteiger partial charge is 0.278 e. The third-order valence-corrected chi connectivity index (χ3v) is 5.13. The number of benzene rings is 2. The normalized spacial score (nSPS) is 14.1. The highest BCUT2D eigenvalue weighted by Gasteiger charge is 2.26. The van der Waals surface area contributed by atoms with Gasteiger partial charge in [-0.1, -0.05) is 19.1 Å². The van der Waals surface area contributed by atoms with Crippen molar-refractivity contribution < 1.29 is 9.18 Å². The van der Waals surface area contributed by atoms with Gasteiger partial charge in [0.2, 0.25) is 0 Å². The first-order valence-corrected chi connectivity index (χ1v) is 9.70. The number of aromatic nitrogens is 3. The van der Waals surface area contributed by atoms with Gasteiger partial charge in [-0.2, -0.15) is 5.21 Å². The molecule has 0 spiro atoms. The van der Waals surface area contributed by atoms with Gasteiger partial charge in [0.1, 0.15) is 5.82 Å². The summed E-state index contributed by atoms with van der Waals surface area (Å²) in [7, 11) is 0. The van der Waals surface area contributed by atoms with E-state index < -0.39 is 0 Å². The average Bonchev–Trinajstić information content (AvgIpc) is 3.22. The summed E-state index contributed by atoms with van der Waals surface area (Å²) in [5, 5.41) is 13.9. The number of carbonyl (C=O) groups excluding carboxylic acids is 1. The molecule has 2 heterocycles. The minimum absolute atomic E-state index is 0.162. The van der Waals surface area contributed by atoms with E-state index in [2.05, 4.69) is 32.6 Å². The van der Waals surface area contributed by atoms with E-state index in [9.17, 15) is 9.18 Å². The minimum atomic E-state index is -0.252. The zero-order valence-electron chi connectivity index (χ0n) is 16.2. The fourth-order valence-electron chi connectivity index (χ4n) is 3.40. The first kappa shape index (κ1) is 18.9. The predicted molar refractivity (Wildman–Crippen MR) is 110 cm³/mol. The Bertz CT molecular complexity index is 962. The van der Waals surface area contributed by atoms with Gasteiger partial charge in [0.05, 0.1) is 0 Å². The maximum absolute atomic E-state index is 13.1. The number of hydrogen-bond acceptors (Lipinski definition) is 5. The Morgan fingerprint density at radius 2 is 1.72 bits per heavy atom. The van der Waals surface area contributed by atoms with Gasteiger partial charge in [-0.05, 0) is 48.4 Å². The number of anilines is 3. The molecule has 0 bridgehead atoms. The lowest BCUT2D eigenvalue weighted by Crippen LogP contribution is -2.49. The molecule has 0 atom stereocenters. The van der Waals surface area contributed by atoms with Crippen LogP contribution in [0.2, 0.25) is 0 Å². The zero-order valence-corrected chi connectivity index (χ0v) is 16.2. The molecule has 1 fully saturated rings. The van der Waals surface area contributed by atoms with E-state index in [1.54, 1.807) is 17.0 Å². The standard InChI is InChI=1S/C21H23FN6O/c1-2-15-3-7-17(8-4-15)23-20-19(24-26-25-20)21(29)28-13-11-27(12-14-28)18-9-5-16(22)6-10-18/h3-10H,2,11-14H2,1H3,(H2,23,24,25,26). The van der Waals surface area contributed by atoms with Crippen molar-refractivity contribution in [1.29, 1.82) is 0 Å². The van der Waals surface area contributed by atoms with Crippen molar-refractivity contribution in [3.63, 3.8) is 0 Å². The Balaban J connectivity index is 1.40. The summed E-state index contributed by atoms with van der Waals surface area (Å²) in [5.41, 5.74) is 3.33. The molecule has 0 radical (unpaired) electrons. The second kappa shape index (κ2) is 8.30. The number of rotatable bonds is 5. The van der Waals surface area contributed by atoms with E-state index in [0.717, 1.165) is 17.8 Å². The van der Waals surface area contributed by atoms with Crippen LogP contribution < -0.4 is 10.2 Å². The summed E-state index contributed by atoms with van der Waals surface area (Å²) in [6.07, 6.45) is 0.970. The number of aromatic amines is 1. The molecule has 29 heavy (non-hydrogen) atoms. The Morgan fingerprint density at radius 3 is 2.38 bits per heavy atom. The van der Waals surface area contributed by atoms with Gasteiger partial charge in [0.25, 0.3) is 5.91 Å². The summed E-state index contributed by atoms with van der Waals surface area (Å²) in [5.74, 6) is 0.00311. The van der Waals surface area contributed by atoms with Crippen LogP contribution in [-0.4, -0.2) is 52.4 Å². The van der Waals surface area contributed by atoms with Crippen molar-refractivity contribution in [2.24, 2.45) is 0 Å². The maximum atomic E-state index is 13.1. The molecule has 1 aromatic heterocycles. The highest BCUT2D eigenvalue weighted by atomic mass is 19.1. The molecule has 0 unspecified atom stereocenters. The monoisotopic (exact) mass is 394 g/mol. The first-order valence-electron chi connectivity index (χ1n) is 9.70. The maximum Gasteiger partial charge on any atom is 0.278 e. The molecule has 2 aromatic carbocycles.